The van der Waals surface area contributed by atoms with Crippen LogP contribution in [0.3, 0.4) is 0 Å². The molecule has 0 aliphatic carbocycles. The fraction of sp³-hybridized carbons (Fsp3) is 0.375. The van der Waals surface area contributed by atoms with Crippen LogP contribution in [0.4, 0.5) is 10.5 Å². The van der Waals surface area contributed by atoms with Crippen LogP contribution in [0.15, 0.2) is 60.9 Å². The molecule has 4 rings (SSSR count). The van der Waals surface area contributed by atoms with E-state index in [-0.39, 0.29) is 17.9 Å². The molecular weight excluding hydrogens is 404 g/mol. The van der Waals surface area contributed by atoms with Crippen molar-refractivity contribution in [2.75, 3.05) is 31.5 Å². The number of imidazole rings is 1. The van der Waals surface area contributed by atoms with Crippen molar-refractivity contribution in [3.05, 3.63) is 66.6 Å². The van der Waals surface area contributed by atoms with Crippen LogP contribution in [0, 0.1) is 5.92 Å². The number of amides is 3. The molecule has 168 valence electrons. The summed E-state index contributed by atoms with van der Waals surface area (Å²) in [6, 6.07) is 14.3. The highest BCUT2D eigenvalue weighted by Crippen LogP contribution is 2.13. The summed E-state index contributed by atoms with van der Waals surface area (Å²) in [6.45, 7) is 7.49. The number of aromatic nitrogens is 2. The van der Waals surface area contributed by atoms with Crippen LogP contribution >= 0.6 is 0 Å². The molecule has 0 radical (unpaired) electrons. The molecule has 2 N–H and O–H groups in total. The van der Waals surface area contributed by atoms with Crippen molar-refractivity contribution >= 4 is 23.3 Å². The molecule has 8 heteroatoms. The number of nitrogens with one attached hydrogen (secondary N) is 2. The first kappa shape index (κ1) is 21.8. The Labute approximate surface area is 188 Å². The molecule has 32 heavy (non-hydrogen) atoms. The van der Waals surface area contributed by atoms with Crippen LogP contribution in [0.2, 0.25) is 0 Å². The summed E-state index contributed by atoms with van der Waals surface area (Å²) in [7, 11) is 0. The van der Waals surface area contributed by atoms with Gasteiger partial charge in [0.1, 0.15) is 11.7 Å². The highest BCUT2D eigenvalue weighted by molar-refractivity contribution is 5.93. The van der Waals surface area contributed by atoms with Gasteiger partial charge in [0.05, 0.1) is 5.69 Å². The Morgan fingerprint density at radius 3 is 2.41 bits per heavy atom. The Bertz CT molecular complexity index is 1020. The standard InChI is InChI=1S/C24H30N6O2/c1-18(2)22(27-24(32)26-19-8-4-3-5-9-19)23(31)29-14-12-28(13-15-29)16-20-17-30-11-7-6-10-21(30)25-20/h3-11,17-18,22H,12-16H2,1-2H3,(H2,26,27,32). The van der Waals surface area contributed by atoms with Crippen LogP contribution in [0.25, 0.3) is 5.65 Å². The van der Waals surface area contributed by atoms with Gasteiger partial charge < -0.3 is 19.9 Å². The van der Waals surface area contributed by atoms with Crippen LogP contribution in [-0.4, -0.2) is 63.3 Å². The second kappa shape index (κ2) is 9.82. The summed E-state index contributed by atoms with van der Waals surface area (Å²) in [5.41, 5.74) is 2.66. The minimum Gasteiger partial charge on any atom is -0.338 e. The largest absolute Gasteiger partial charge is 0.338 e. The smallest absolute Gasteiger partial charge is 0.319 e. The number of fused-ring (bicyclic) bond motifs is 1. The third-order valence-electron chi connectivity index (χ3n) is 5.73. The minimum atomic E-state index is -0.566. The monoisotopic (exact) mass is 434 g/mol. The van der Waals surface area contributed by atoms with Crippen LogP contribution < -0.4 is 10.6 Å². The molecule has 0 saturated carbocycles. The SMILES string of the molecule is CC(C)C(NC(=O)Nc1ccccc1)C(=O)N1CCN(Cc2cn3ccccc3n2)CC1. The fourth-order valence-electron chi connectivity index (χ4n) is 3.96. The zero-order valence-electron chi connectivity index (χ0n) is 18.6. The molecule has 1 aliphatic rings. The van der Waals surface area contributed by atoms with E-state index >= 15 is 0 Å². The van der Waals surface area contributed by atoms with E-state index in [2.05, 4.69) is 26.7 Å². The Morgan fingerprint density at radius 1 is 1.00 bits per heavy atom. The zero-order valence-corrected chi connectivity index (χ0v) is 18.6. The van der Waals surface area contributed by atoms with Gasteiger partial charge in [0.2, 0.25) is 5.91 Å². The summed E-state index contributed by atoms with van der Waals surface area (Å²) in [4.78, 5) is 34.4. The molecule has 1 unspecified atom stereocenters. The van der Waals surface area contributed by atoms with Crippen molar-refractivity contribution in [2.45, 2.75) is 26.4 Å². The van der Waals surface area contributed by atoms with Gasteiger partial charge in [0, 0.05) is 50.8 Å². The first-order valence-electron chi connectivity index (χ1n) is 11.1. The number of carbonyl (C=O) groups is 2. The first-order chi connectivity index (χ1) is 15.5. The molecule has 1 aliphatic heterocycles. The van der Waals surface area contributed by atoms with Gasteiger partial charge in [-0.15, -0.1) is 0 Å². The molecule has 3 amide bonds. The molecule has 3 aromatic rings. The van der Waals surface area contributed by atoms with Gasteiger partial charge in [0.25, 0.3) is 0 Å². The maximum absolute atomic E-state index is 13.2. The lowest BCUT2D eigenvalue weighted by Gasteiger charge is -2.37. The van der Waals surface area contributed by atoms with Gasteiger partial charge >= 0.3 is 6.03 Å². The normalized spacial score (nSPS) is 15.7. The summed E-state index contributed by atoms with van der Waals surface area (Å²) < 4.78 is 2.02. The van der Waals surface area contributed by atoms with E-state index in [0.717, 1.165) is 31.0 Å². The number of benzene rings is 1. The molecule has 0 spiro atoms. The number of piperazine rings is 1. The van der Waals surface area contributed by atoms with Gasteiger partial charge in [-0.3, -0.25) is 9.69 Å². The van der Waals surface area contributed by atoms with Crippen molar-refractivity contribution in [1.82, 2.24) is 24.5 Å². The highest BCUT2D eigenvalue weighted by Gasteiger charge is 2.30. The second-order valence-electron chi connectivity index (χ2n) is 8.49. The molecule has 1 aromatic carbocycles. The lowest BCUT2D eigenvalue weighted by molar-refractivity contribution is -0.136. The van der Waals surface area contributed by atoms with E-state index in [1.165, 1.54) is 0 Å². The van der Waals surface area contributed by atoms with Crippen molar-refractivity contribution in [1.29, 1.82) is 0 Å². The average molecular weight is 435 g/mol. The van der Waals surface area contributed by atoms with Gasteiger partial charge in [-0.2, -0.15) is 0 Å². The number of pyridine rings is 1. The predicted octanol–water partition coefficient (Wildman–Crippen LogP) is 2.82. The number of rotatable bonds is 6. The Hall–Kier alpha value is -3.39. The maximum Gasteiger partial charge on any atom is 0.319 e. The predicted molar refractivity (Wildman–Crippen MR) is 124 cm³/mol. The summed E-state index contributed by atoms with van der Waals surface area (Å²) >= 11 is 0. The minimum absolute atomic E-state index is 0.0139. The molecule has 0 bridgehead atoms. The third-order valence-corrected chi connectivity index (χ3v) is 5.73. The van der Waals surface area contributed by atoms with Crippen molar-refractivity contribution in [2.24, 2.45) is 5.92 Å². The second-order valence-corrected chi connectivity index (χ2v) is 8.49. The number of nitrogens with zero attached hydrogens (tertiary/aromatic N) is 4. The zero-order chi connectivity index (χ0) is 22.5. The number of para-hydroxylation sites is 1. The van der Waals surface area contributed by atoms with E-state index in [4.69, 9.17) is 0 Å². The van der Waals surface area contributed by atoms with Crippen molar-refractivity contribution in [3.8, 4) is 0 Å². The number of anilines is 1. The molecular formula is C24H30N6O2. The fourth-order valence-corrected chi connectivity index (χ4v) is 3.96. The van der Waals surface area contributed by atoms with Crippen molar-refractivity contribution in [3.63, 3.8) is 0 Å². The van der Waals surface area contributed by atoms with Gasteiger partial charge in [-0.1, -0.05) is 38.1 Å². The van der Waals surface area contributed by atoms with Crippen LogP contribution in [0.1, 0.15) is 19.5 Å². The van der Waals surface area contributed by atoms with E-state index in [0.29, 0.717) is 18.8 Å². The van der Waals surface area contributed by atoms with Gasteiger partial charge in [-0.05, 0) is 30.2 Å². The van der Waals surface area contributed by atoms with Crippen LogP contribution in [0.5, 0.6) is 0 Å². The topological polar surface area (TPSA) is 82.0 Å². The van der Waals surface area contributed by atoms with E-state index in [1.807, 2.05) is 77.9 Å². The molecule has 1 atom stereocenters. The maximum atomic E-state index is 13.2. The number of carbonyl (C=O) groups excluding carboxylic acids is 2. The highest BCUT2D eigenvalue weighted by atomic mass is 16.2. The van der Waals surface area contributed by atoms with E-state index < -0.39 is 6.04 Å². The molecule has 1 fully saturated rings. The number of hydrogen-bond donors (Lipinski definition) is 2. The van der Waals surface area contributed by atoms with E-state index in [1.54, 1.807) is 0 Å². The lowest BCUT2D eigenvalue weighted by atomic mass is 10.0. The first-order valence-corrected chi connectivity index (χ1v) is 11.1. The van der Waals surface area contributed by atoms with Crippen molar-refractivity contribution < 1.29 is 9.59 Å². The summed E-state index contributed by atoms with van der Waals surface area (Å²) in [5, 5.41) is 5.65. The number of urea groups is 1. The van der Waals surface area contributed by atoms with Crippen LogP contribution in [-0.2, 0) is 11.3 Å². The lowest BCUT2D eigenvalue weighted by Crippen LogP contribution is -2.56. The van der Waals surface area contributed by atoms with Gasteiger partial charge in [-0.25, -0.2) is 9.78 Å². The Kier molecular flexibility index (Phi) is 6.70. The third kappa shape index (κ3) is 5.26. The number of hydrogen-bond acceptors (Lipinski definition) is 4. The molecule has 2 aromatic heterocycles. The Balaban J connectivity index is 1.30. The summed E-state index contributed by atoms with van der Waals surface area (Å²) in [5.74, 6) is -0.0457. The van der Waals surface area contributed by atoms with Gasteiger partial charge in [0.15, 0.2) is 0 Å². The molecule has 8 nitrogen and oxygen atoms in total. The van der Waals surface area contributed by atoms with E-state index in [9.17, 15) is 9.59 Å². The summed E-state index contributed by atoms with van der Waals surface area (Å²) in [6.07, 6.45) is 4.05. The Morgan fingerprint density at radius 2 is 1.72 bits per heavy atom. The average Bonchev–Trinajstić information content (AvgIpc) is 3.20. The quantitative estimate of drug-likeness (QED) is 0.625. The molecule has 3 heterocycles. The molecule has 1 saturated heterocycles.